The Morgan fingerprint density at radius 1 is 1.42 bits per heavy atom. The fourth-order valence-corrected chi connectivity index (χ4v) is 2.01. The lowest BCUT2D eigenvalue weighted by molar-refractivity contribution is -0.110. The molecule has 0 saturated heterocycles. The van der Waals surface area contributed by atoms with Gasteiger partial charge in [-0.2, -0.15) is 0 Å². The fourth-order valence-electron chi connectivity index (χ4n) is 1.21. The first-order valence-corrected chi connectivity index (χ1v) is 5.08. The van der Waals surface area contributed by atoms with Gasteiger partial charge in [-0.1, -0.05) is 37.3 Å². The molecule has 1 aromatic rings. The normalized spacial score (nSPS) is 12.5. The maximum absolute atomic E-state index is 11.2. The smallest absolute Gasteiger partial charge is 0.199 e. The zero-order chi connectivity index (χ0) is 8.97. The summed E-state index contributed by atoms with van der Waals surface area (Å²) in [6.45, 7) is 2.04. The van der Waals surface area contributed by atoms with Gasteiger partial charge in [-0.25, -0.2) is 0 Å². The van der Waals surface area contributed by atoms with Gasteiger partial charge >= 0.3 is 0 Å². The van der Waals surface area contributed by atoms with Crippen LogP contribution in [0, 0.1) is 0 Å². The van der Waals surface area contributed by atoms with Crippen molar-refractivity contribution in [2.24, 2.45) is 0 Å². The summed E-state index contributed by atoms with van der Waals surface area (Å²) in [4.78, 5) is 11.2. The first-order valence-electron chi connectivity index (χ1n) is 4.00. The summed E-state index contributed by atoms with van der Waals surface area (Å²) in [5.41, 5.74) is 1.12. The van der Waals surface area contributed by atoms with Gasteiger partial charge < -0.3 is 0 Å². The molecule has 0 saturated carbocycles. The number of benzene rings is 1. The Kier molecular flexibility index (Phi) is 3.72. The van der Waals surface area contributed by atoms with E-state index in [1.807, 2.05) is 59.8 Å². The summed E-state index contributed by atoms with van der Waals surface area (Å²) in [7, 11) is 0. The zero-order valence-electron chi connectivity index (χ0n) is 6.96. The van der Waals surface area contributed by atoms with Crippen molar-refractivity contribution in [2.75, 3.05) is 0 Å². The van der Waals surface area contributed by atoms with E-state index in [1.54, 1.807) is 0 Å². The number of hydrogen-bond donors (Lipinski definition) is 0. The van der Waals surface area contributed by atoms with E-state index in [4.69, 9.17) is 0 Å². The average Bonchev–Trinajstić information content (AvgIpc) is 2.07. The molecule has 0 spiro atoms. The topological polar surface area (TPSA) is 17.1 Å². The van der Waals surface area contributed by atoms with E-state index in [1.165, 1.54) is 0 Å². The fraction of sp³-hybridized carbons (Fsp3) is 0.300. The Bertz CT molecular complexity index is 256. The summed E-state index contributed by atoms with van der Waals surface area (Å²) in [5, 5.41) is 0. The lowest BCUT2D eigenvalue weighted by Gasteiger charge is -2.09. The SMILES string of the molecule is CCC(C(=O)I)c1ccccc1. The standard InChI is InChI=1S/C10H11IO/c1-2-9(10(11)12)8-6-4-3-5-7-8/h3-7,9H,2H2,1H3. The molecular formula is C10H11IO. The van der Waals surface area contributed by atoms with Gasteiger partial charge in [0.1, 0.15) is 0 Å². The molecule has 2 heteroatoms. The van der Waals surface area contributed by atoms with Crippen molar-refractivity contribution in [3.8, 4) is 0 Å². The second-order valence-corrected chi connectivity index (χ2v) is 3.74. The molecule has 0 radical (unpaired) electrons. The summed E-state index contributed by atoms with van der Waals surface area (Å²) in [5.74, 6) is 0.0757. The van der Waals surface area contributed by atoms with Crippen LogP contribution >= 0.6 is 22.6 Å². The van der Waals surface area contributed by atoms with Gasteiger partial charge in [-0.15, -0.1) is 0 Å². The first kappa shape index (κ1) is 9.71. The molecule has 64 valence electrons. The maximum atomic E-state index is 11.2. The highest BCUT2D eigenvalue weighted by Crippen LogP contribution is 2.22. The molecule has 0 amide bonds. The van der Waals surface area contributed by atoms with E-state index in [0.29, 0.717) is 0 Å². The van der Waals surface area contributed by atoms with Crippen LogP contribution in [0.2, 0.25) is 0 Å². The highest BCUT2D eigenvalue weighted by molar-refractivity contribution is 14.1. The maximum Gasteiger partial charge on any atom is 0.199 e. The summed E-state index contributed by atoms with van der Waals surface area (Å²) in [6, 6.07) is 9.92. The van der Waals surface area contributed by atoms with Crippen molar-refractivity contribution < 1.29 is 4.79 Å². The summed E-state index contributed by atoms with van der Waals surface area (Å²) < 4.78 is 0.223. The van der Waals surface area contributed by atoms with Crippen LogP contribution in [-0.4, -0.2) is 3.79 Å². The van der Waals surface area contributed by atoms with E-state index >= 15 is 0 Å². The van der Waals surface area contributed by atoms with Crippen molar-refractivity contribution in [2.45, 2.75) is 19.3 Å². The summed E-state index contributed by atoms with van der Waals surface area (Å²) >= 11 is 1.87. The molecule has 1 rings (SSSR count). The van der Waals surface area contributed by atoms with Gasteiger partial charge in [0.25, 0.3) is 0 Å². The van der Waals surface area contributed by atoms with Crippen LogP contribution in [0.3, 0.4) is 0 Å². The zero-order valence-corrected chi connectivity index (χ0v) is 9.11. The van der Waals surface area contributed by atoms with E-state index in [0.717, 1.165) is 12.0 Å². The van der Waals surface area contributed by atoms with Crippen molar-refractivity contribution in [3.05, 3.63) is 35.9 Å². The molecule has 1 unspecified atom stereocenters. The van der Waals surface area contributed by atoms with Crippen LogP contribution in [0.5, 0.6) is 0 Å². The third-order valence-electron chi connectivity index (χ3n) is 1.88. The Labute approximate surface area is 86.3 Å². The molecule has 0 aromatic heterocycles. The van der Waals surface area contributed by atoms with Gasteiger partial charge in [0.2, 0.25) is 0 Å². The minimum absolute atomic E-state index is 0.0757. The lowest BCUT2D eigenvalue weighted by atomic mass is 9.98. The number of hydrogen-bond acceptors (Lipinski definition) is 1. The van der Waals surface area contributed by atoms with Crippen LogP contribution in [0.4, 0.5) is 0 Å². The van der Waals surface area contributed by atoms with Crippen molar-refractivity contribution in [1.29, 1.82) is 0 Å². The van der Waals surface area contributed by atoms with Crippen LogP contribution in [0.25, 0.3) is 0 Å². The second-order valence-electron chi connectivity index (χ2n) is 2.68. The number of halogens is 1. The molecule has 1 atom stereocenters. The van der Waals surface area contributed by atoms with E-state index in [-0.39, 0.29) is 9.71 Å². The third kappa shape index (κ3) is 2.30. The first-order chi connectivity index (χ1) is 5.75. The molecule has 0 aliphatic carbocycles. The molecule has 1 aromatic carbocycles. The minimum atomic E-state index is 0.0757. The summed E-state index contributed by atoms with van der Waals surface area (Å²) in [6.07, 6.45) is 0.881. The highest BCUT2D eigenvalue weighted by Gasteiger charge is 2.14. The largest absolute Gasteiger partial charge is 0.287 e. The van der Waals surface area contributed by atoms with Crippen LogP contribution in [0.15, 0.2) is 30.3 Å². The van der Waals surface area contributed by atoms with Gasteiger partial charge in [0.05, 0.1) is 5.92 Å². The molecule has 1 nitrogen and oxygen atoms in total. The van der Waals surface area contributed by atoms with Crippen molar-refractivity contribution >= 4 is 26.4 Å². The van der Waals surface area contributed by atoms with Crippen molar-refractivity contribution in [3.63, 3.8) is 0 Å². The Hall–Kier alpha value is -0.380. The number of carbonyl (C=O) groups excluding carboxylic acids is 1. The minimum Gasteiger partial charge on any atom is -0.287 e. The van der Waals surface area contributed by atoms with Gasteiger partial charge in [0.15, 0.2) is 3.79 Å². The van der Waals surface area contributed by atoms with Crippen LogP contribution in [-0.2, 0) is 4.79 Å². The molecule has 0 bridgehead atoms. The second kappa shape index (κ2) is 4.60. The molecule has 0 aliphatic heterocycles. The number of carbonyl (C=O) groups is 1. The van der Waals surface area contributed by atoms with Crippen LogP contribution in [0.1, 0.15) is 24.8 Å². The van der Waals surface area contributed by atoms with Gasteiger partial charge in [0, 0.05) is 22.6 Å². The Morgan fingerprint density at radius 2 is 2.00 bits per heavy atom. The third-order valence-corrected chi connectivity index (χ3v) is 2.64. The average molecular weight is 274 g/mol. The van der Waals surface area contributed by atoms with Crippen LogP contribution < -0.4 is 0 Å². The molecular weight excluding hydrogens is 263 g/mol. The highest BCUT2D eigenvalue weighted by atomic mass is 127. The van der Waals surface area contributed by atoms with Crippen molar-refractivity contribution in [1.82, 2.24) is 0 Å². The molecule has 0 fully saturated rings. The van der Waals surface area contributed by atoms with E-state index in [9.17, 15) is 4.79 Å². The molecule has 0 heterocycles. The van der Waals surface area contributed by atoms with Gasteiger partial charge in [-0.05, 0) is 12.0 Å². The Morgan fingerprint density at radius 3 is 2.42 bits per heavy atom. The number of rotatable bonds is 3. The quantitative estimate of drug-likeness (QED) is 0.611. The molecule has 0 N–H and O–H groups in total. The van der Waals surface area contributed by atoms with E-state index in [2.05, 4.69) is 0 Å². The predicted octanol–water partition coefficient (Wildman–Crippen LogP) is 3.14. The Balaban J connectivity index is 2.88. The van der Waals surface area contributed by atoms with E-state index < -0.39 is 0 Å². The molecule has 12 heavy (non-hydrogen) atoms. The molecule has 0 aliphatic rings. The lowest BCUT2D eigenvalue weighted by Crippen LogP contribution is -2.03. The predicted molar refractivity (Wildman–Crippen MR) is 58.5 cm³/mol. The van der Waals surface area contributed by atoms with Gasteiger partial charge in [-0.3, -0.25) is 4.79 Å². The monoisotopic (exact) mass is 274 g/mol.